The van der Waals surface area contributed by atoms with E-state index in [1.807, 2.05) is 30.3 Å². The monoisotopic (exact) mass is 448 g/mol. The van der Waals surface area contributed by atoms with Crippen LogP contribution in [0.1, 0.15) is 12.0 Å². The van der Waals surface area contributed by atoms with Crippen molar-refractivity contribution in [3.05, 3.63) is 65.2 Å². The van der Waals surface area contributed by atoms with Gasteiger partial charge in [0.2, 0.25) is 15.9 Å². The fourth-order valence-corrected chi connectivity index (χ4v) is 5.62. The molecule has 2 amide bonds. The second kappa shape index (κ2) is 8.47. The van der Waals surface area contributed by atoms with Crippen molar-refractivity contribution in [3.63, 3.8) is 0 Å². The normalized spacial score (nSPS) is 21.4. The van der Waals surface area contributed by atoms with Crippen LogP contribution < -0.4 is 4.90 Å². The summed E-state index contributed by atoms with van der Waals surface area (Å²) in [7, 11) is -3.60. The van der Waals surface area contributed by atoms with E-state index in [4.69, 9.17) is 11.6 Å². The van der Waals surface area contributed by atoms with E-state index < -0.39 is 16.1 Å². The first kappa shape index (κ1) is 21.0. The number of hydrogen-bond acceptors (Lipinski definition) is 4. The summed E-state index contributed by atoms with van der Waals surface area (Å²) in [5.74, 6) is -0.342. The van der Waals surface area contributed by atoms with Gasteiger partial charge in [-0.05, 0) is 29.8 Å². The number of nitrogens with zero attached hydrogens (tertiary/aromatic N) is 2. The third-order valence-corrected chi connectivity index (χ3v) is 7.90. The summed E-state index contributed by atoms with van der Waals surface area (Å²) in [6.07, 6.45) is 0.172. The Morgan fingerprint density at radius 1 is 0.967 bits per heavy atom. The molecule has 0 saturated carbocycles. The van der Waals surface area contributed by atoms with Gasteiger partial charge in [-0.1, -0.05) is 41.9 Å². The van der Waals surface area contributed by atoms with Crippen LogP contribution in [0.3, 0.4) is 0 Å². The van der Waals surface area contributed by atoms with Gasteiger partial charge in [0.15, 0.2) is 6.04 Å². The molecular formula is C21H23ClN3O4S+. The number of nitrogens with one attached hydrogen (secondary N) is 1. The Labute approximate surface area is 180 Å². The average molecular weight is 449 g/mol. The van der Waals surface area contributed by atoms with E-state index in [-0.39, 0.29) is 29.7 Å². The number of benzene rings is 2. The van der Waals surface area contributed by atoms with Crippen molar-refractivity contribution in [2.75, 3.05) is 26.2 Å². The van der Waals surface area contributed by atoms with Crippen LogP contribution in [0.4, 0.5) is 0 Å². The number of quaternary nitrogens is 1. The molecular weight excluding hydrogens is 426 g/mol. The highest BCUT2D eigenvalue weighted by atomic mass is 35.5. The molecule has 2 heterocycles. The Morgan fingerprint density at radius 3 is 2.23 bits per heavy atom. The van der Waals surface area contributed by atoms with Crippen LogP contribution in [0, 0.1) is 0 Å². The quantitative estimate of drug-likeness (QED) is 0.678. The highest BCUT2D eigenvalue weighted by Gasteiger charge is 2.46. The zero-order chi connectivity index (χ0) is 21.3. The second-order valence-electron chi connectivity index (χ2n) is 7.58. The minimum Gasteiger partial charge on any atom is -0.322 e. The third kappa shape index (κ3) is 4.13. The van der Waals surface area contributed by atoms with Crippen molar-refractivity contribution in [2.24, 2.45) is 0 Å². The number of halogens is 1. The van der Waals surface area contributed by atoms with Gasteiger partial charge in [-0.3, -0.25) is 14.5 Å². The molecule has 1 atom stereocenters. The Bertz CT molecular complexity index is 1040. The summed E-state index contributed by atoms with van der Waals surface area (Å²) < 4.78 is 27.1. The molecule has 0 spiro atoms. The lowest BCUT2D eigenvalue weighted by Crippen LogP contribution is -3.19. The van der Waals surface area contributed by atoms with E-state index in [0.717, 1.165) is 10.5 Å². The van der Waals surface area contributed by atoms with E-state index in [1.54, 1.807) is 12.1 Å². The van der Waals surface area contributed by atoms with Gasteiger partial charge >= 0.3 is 0 Å². The minimum atomic E-state index is -3.60. The van der Waals surface area contributed by atoms with Gasteiger partial charge in [0.25, 0.3) is 5.91 Å². The van der Waals surface area contributed by atoms with Gasteiger partial charge in [-0.25, -0.2) is 8.42 Å². The largest absolute Gasteiger partial charge is 0.322 e. The summed E-state index contributed by atoms with van der Waals surface area (Å²) in [5.41, 5.74) is 0.911. The maximum Gasteiger partial charge on any atom is 0.288 e. The van der Waals surface area contributed by atoms with Gasteiger partial charge in [0, 0.05) is 5.02 Å². The molecule has 0 radical (unpaired) electrons. The molecule has 0 aromatic heterocycles. The van der Waals surface area contributed by atoms with Crippen molar-refractivity contribution in [3.8, 4) is 0 Å². The molecule has 2 aliphatic rings. The lowest BCUT2D eigenvalue weighted by Gasteiger charge is -2.33. The van der Waals surface area contributed by atoms with Crippen molar-refractivity contribution < 1.29 is 22.9 Å². The highest BCUT2D eigenvalue weighted by molar-refractivity contribution is 7.89. The zero-order valence-electron chi connectivity index (χ0n) is 16.3. The molecule has 0 aliphatic carbocycles. The highest BCUT2D eigenvalue weighted by Crippen LogP contribution is 2.19. The predicted molar refractivity (Wildman–Crippen MR) is 111 cm³/mol. The number of carbonyl (C=O) groups is 2. The van der Waals surface area contributed by atoms with E-state index >= 15 is 0 Å². The number of hydrogen-bond donors (Lipinski definition) is 1. The number of carbonyl (C=O) groups excluding carboxylic acids is 2. The third-order valence-electron chi connectivity index (χ3n) is 5.74. The maximum atomic E-state index is 12.9. The Kier molecular flexibility index (Phi) is 5.92. The van der Waals surface area contributed by atoms with Crippen molar-refractivity contribution >= 4 is 33.4 Å². The molecule has 0 bridgehead atoms. The fraction of sp³-hybridized carbons (Fsp3) is 0.333. The van der Waals surface area contributed by atoms with Gasteiger partial charge < -0.3 is 4.90 Å². The molecule has 2 aromatic carbocycles. The first-order valence-electron chi connectivity index (χ1n) is 9.85. The zero-order valence-corrected chi connectivity index (χ0v) is 17.9. The van der Waals surface area contributed by atoms with Gasteiger partial charge in [0.1, 0.15) is 0 Å². The lowest BCUT2D eigenvalue weighted by molar-refractivity contribution is -0.918. The summed E-state index contributed by atoms with van der Waals surface area (Å²) in [4.78, 5) is 27.8. The molecule has 1 N–H and O–H groups in total. The van der Waals surface area contributed by atoms with Crippen LogP contribution in [-0.2, 0) is 26.2 Å². The molecule has 2 aromatic rings. The molecule has 0 unspecified atom stereocenters. The summed E-state index contributed by atoms with van der Waals surface area (Å²) in [5, 5.41) is 0.479. The number of rotatable bonds is 5. The smallest absolute Gasteiger partial charge is 0.288 e. The maximum absolute atomic E-state index is 12.9. The second-order valence-corrected chi connectivity index (χ2v) is 9.95. The molecule has 158 valence electrons. The standard InChI is InChI=1S/C21H22ClN3O4S/c22-17-6-8-18(9-7-17)30(28,29)24-12-10-23(11-13-24)19-14-20(26)25(21(19)27)15-16-4-2-1-3-5-16/h1-9,19H,10-15H2/p+1/t19-/m0/s1. The summed E-state index contributed by atoms with van der Waals surface area (Å²) >= 11 is 5.85. The fourth-order valence-electron chi connectivity index (χ4n) is 4.05. The van der Waals surface area contributed by atoms with E-state index in [1.165, 1.54) is 21.3 Å². The van der Waals surface area contributed by atoms with Gasteiger partial charge in [0.05, 0.1) is 44.0 Å². The molecule has 9 heteroatoms. The summed E-state index contributed by atoms with van der Waals surface area (Å²) in [6.45, 7) is 1.85. The summed E-state index contributed by atoms with van der Waals surface area (Å²) in [6, 6.07) is 15.1. The number of likely N-dealkylation sites (tertiary alicyclic amines) is 1. The van der Waals surface area contributed by atoms with Crippen LogP contribution in [0.2, 0.25) is 5.02 Å². The van der Waals surface area contributed by atoms with Gasteiger partial charge in [-0.2, -0.15) is 4.31 Å². The molecule has 2 saturated heterocycles. The lowest BCUT2D eigenvalue weighted by atomic mass is 10.2. The number of imide groups is 1. The molecule has 2 fully saturated rings. The first-order valence-corrected chi connectivity index (χ1v) is 11.7. The minimum absolute atomic E-state index is 0.169. The predicted octanol–water partition coefficient (Wildman–Crippen LogP) is 0.557. The molecule has 30 heavy (non-hydrogen) atoms. The SMILES string of the molecule is O=C1C[C@H]([NH+]2CCN(S(=O)(=O)c3ccc(Cl)cc3)CC2)C(=O)N1Cc1ccccc1. The first-order chi connectivity index (χ1) is 14.4. The van der Waals surface area contributed by atoms with Crippen LogP contribution >= 0.6 is 11.6 Å². The topological polar surface area (TPSA) is 79.2 Å². The molecule has 7 nitrogen and oxygen atoms in total. The van der Waals surface area contributed by atoms with Crippen molar-refractivity contribution in [2.45, 2.75) is 23.9 Å². The number of sulfonamides is 1. The average Bonchev–Trinajstić information content (AvgIpc) is 3.03. The Morgan fingerprint density at radius 2 is 1.60 bits per heavy atom. The number of amides is 2. The van der Waals surface area contributed by atoms with Crippen molar-refractivity contribution in [1.82, 2.24) is 9.21 Å². The Hall–Kier alpha value is -2.26. The van der Waals surface area contributed by atoms with Crippen LogP contribution in [-0.4, -0.2) is 61.7 Å². The van der Waals surface area contributed by atoms with Crippen LogP contribution in [0.15, 0.2) is 59.5 Å². The van der Waals surface area contributed by atoms with E-state index in [9.17, 15) is 18.0 Å². The van der Waals surface area contributed by atoms with Gasteiger partial charge in [-0.15, -0.1) is 0 Å². The van der Waals surface area contributed by atoms with E-state index in [0.29, 0.717) is 31.2 Å². The van der Waals surface area contributed by atoms with Crippen molar-refractivity contribution in [1.29, 1.82) is 0 Å². The Balaban J connectivity index is 1.40. The number of piperazine rings is 1. The molecule has 2 aliphatic heterocycles. The van der Waals surface area contributed by atoms with Crippen LogP contribution in [0.25, 0.3) is 0 Å². The molecule has 4 rings (SSSR count). The van der Waals surface area contributed by atoms with Crippen LogP contribution in [0.5, 0.6) is 0 Å². The van der Waals surface area contributed by atoms with E-state index in [2.05, 4.69) is 0 Å².